The van der Waals surface area contributed by atoms with Crippen LogP contribution in [-0.4, -0.2) is 6.04 Å². The largest absolute Gasteiger partial charge is 0.307 e. The van der Waals surface area contributed by atoms with Crippen molar-refractivity contribution in [2.75, 3.05) is 0 Å². The highest BCUT2D eigenvalue weighted by atomic mass is 15.0. The average Bonchev–Trinajstić information content (AvgIpc) is 3.13. The Labute approximate surface area is 114 Å². The molecule has 4 rings (SSSR count). The van der Waals surface area contributed by atoms with Crippen molar-refractivity contribution in [1.29, 1.82) is 0 Å². The summed E-state index contributed by atoms with van der Waals surface area (Å²) >= 11 is 0. The molecule has 1 nitrogen and oxygen atoms in total. The van der Waals surface area contributed by atoms with E-state index in [0.29, 0.717) is 12.1 Å². The highest BCUT2D eigenvalue weighted by Crippen LogP contribution is 2.43. The molecule has 1 N–H and O–H groups in total. The Morgan fingerprint density at radius 3 is 2.58 bits per heavy atom. The Bertz CT molecular complexity index is 575. The second kappa shape index (κ2) is 4.50. The molecule has 1 heteroatoms. The Kier molecular flexibility index (Phi) is 2.66. The number of hydrogen-bond donors (Lipinski definition) is 1. The molecule has 2 aliphatic rings. The van der Waals surface area contributed by atoms with Gasteiger partial charge in [-0.3, -0.25) is 0 Å². The van der Waals surface area contributed by atoms with Gasteiger partial charge in [0.05, 0.1) is 0 Å². The van der Waals surface area contributed by atoms with Crippen LogP contribution in [0, 0.1) is 0 Å². The number of hydrogen-bond acceptors (Lipinski definition) is 1. The molecule has 3 atom stereocenters. The predicted molar refractivity (Wildman–Crippen MR) is 78.2 cm³/mol. The van der Waals surface area contributed by atoms with Gasteiger partial charge in [0, 0.05) is 18.0 Å². The number of aryl methyl sites for hydroxylation is 1. The van der Waals surface area contributed by atoms with Gasteiger partial charge in [-0.25, -0.2) is 0 Å². The van der Waals surface area contributed by atoms with E-state index in [1.54, 1.807) is 0 Å². The van der Waals surface area contributed by atoms with Crippen LogP contribution in [0.15, 0.2) is 54.6 Å². The maximum absolute atomic E-state index is 3.86. The van der Waals surface area contributed by atoms with Crippen LogP contribution < -0.4 is 5.32 Å². The fraction of sp³-hybridized carbons (Fsp3) is 0.333. The van der Waals surface area contributed by atoms with E-state index in [2.05, 4.69) is 59.9 Å². The normalized spacial score (nSPS) is 28.1. The Balaban J connectivity index is 1.45. The van der Waals surface area contributed by atoms with Crippen LogP contribution in [0.25, 0.3) is 0 Å². The lowest BCUT2D eigenvalue weighted by atomic mass is 10.1. The molecule has 1 fully saturated rings. The minimum Gasteiger partial charge on any atom is -0.307 e. The summed E-state index contributed by atoms with van der Waals surface area (Å²) < 4.78 is 0. The molecule has 0 saturated heterocycles. The maximum atomic E-state index is 3.86. The molecule has 0 heterocycles. The van der Waals surface area contributed by atoms with Gasteiger partial charge < -0.3 is 5.32 Å². The van der Waals surface area contributed by atoms with Crippen molar-refractivity contribution in [2.45, 2.75) is 37.3 Å². The van der Waals surface area contributed by atoms with Crippen molar-refractivity contribution in [1.82, 2.24) is 5.32 Å². The number of rotatable bonds is 3. The first-order chi connectivity index (χ1) is 9.42. The molecule has 96 valence electrons. The zero-order valence-electron chi connectivity index (χ0n) is 11.0. The topological polar surface area (TPSA) is 12.0 Å². The Morgan fingerprint density at radius 1 is 0.895 bits per heavy atom. The molecule has 0 aromatic heterocycles. The van der Waals surface area contributed by atoms with Crippen molar-refractivity contribution in [3.8, 4) is 0 Å². The highest BCUT2D eigenvalue weighted by molar-refractivity contribution is 5.35. The number of nitrogens with one attached hydrogen (secondary N) is 1. The predicted octanol–water partition coefficient (Wildman–Crippen LogP) is 3.82. The van der Waals surface area contributed by atoms with Crippen molar-refractivity contribution in [3.63, 3.8) is 0 Å². The van der Waals surface area contributed by atoms with E-state index in [1.807, 2.05) is 0 Å². The summed E-state index contributed by atoms with van der Waals surface area (Å²) in [5, 5.41) is 3.86. The van der Waals surface area contributed by atoms with E-state index >= 15 is 0 Å². The minimum atomic E-state index is 0.579. The first-order valence-electron chi connectivity index (χ1n) is 7.30. The summed E-state index contributed by atoms with van der Waals surface area (Å²) in [6.45, 7) is 0. The fourth-order valence-electron chi connectivity index (χ4n) is 3.44. The van der Waals surface area contributed by atoms with Crippen LogP contribution in [0.3, 0.4) is 0 Å². The molecule has 0 aliphatic heterocycles. The third-order valence-electron chi connectivity index (χ3n) is 4.57. The highest BCUT2D eigenvalue weighted by Gasteiger charge is 2.40. The van der Waals surface area contributed by atoms with Gasteiger partial charge in [0.15, 0.2) is 0 Å². The van der Waals surface area contributed by atoms with E-state index in [0.717, 1.165) is 5.92 Å². The monoisotopic (exact) mass is 249 g/mol. The van der Waals surface area contributed by atoms with E-state index in [1.165, 1.54) is 36.0 Å². The number of fused-ring (bicyclic) bond motifs is 1. The van der Waals surface area contributed by atoms with Crippen LogP contribution in [0.1, 0.15) is 41.5 Å². The molecule has 2 aromatic carbocycles. The molecule has 1 saturated carbocycles. The Hall–Kier alpha value is -1.60. The summed E-state index contributed by atoms with van der Waals surface area (Å²) in [5.74, 6) is 0.731. The van der Waals surface area contributed by atoms with Crippen LogP contribution in [0.5, 0.6) is 0 Å². The summed E-state index contributed by atoms with van der Waals surface area (Å²) in [7, 11) is 0. The van der Waals surface area contributed by atoms with Crippen LogP contribution in [0.2, 0.25) is 0 Å². The second-order valence-electron chi connectivity index (χ2n) is 5.82. The van der Waals surface area contributed by atoms with E-state index in [9.17, 15) is 0 Å². The van der Waals surface area contributed by atoms with Gasteiger partial charge in [-0.15, -0.1) is 0 Å². The van der Waals surface area contributed by atoms with Gasteiger partial charge in [-0.1, -0.05) is 54.6 Å². The van der Waals surface area contributed by atoms with Crippen LogP contribution in [-0.2, 0) is 6.42 Å². The lowest BCUT2D eigenvalue weighted by Crippen LogP contribution is -2.22. The third kappa shape index (κ3) is 2.08. The molecular weight excluding hydrogens is 230 g/mol. The van der Waals surface area contributed by atoms with Gasteiger partial charge in [-0.05, 0) is 36.0 Å². The molecule has 2 aromatic rings. The van der Waals surface area contributed by atoms with Gasteiger partial charge in [0.25, 0.3) is 0 Å². The molecule has 19 heavy (non-hydrogen) atoms. The van der Waals surface area contributed by atoms with Crippen molar-refractivity contribution in [3.05, 3.63) is 71.3 Å². The summed E-state index contributed by atoms with van der Waals surface area (Å²) in [6.07, 6.45) is 3.79. The molecule has 0 amide bonds. The number of benzene rings is 2. The maximum Gasteiger partial charge on any atom is 0.0328 e. The summed E-state index contributed by atoms with van der Waals surface area (Å²) in [4.78, 5) is 0. The SMILES string of the molecule is c1ccc([C@H]2C[C@@H]2NC2CCc3ccccc32)cc1. The molecule has 0 radical (unpaired) electrons. The Morgan fingerprint density at radius 2 is 1.68 bits per heavy atom. The molecular formula is C18H19N. The first kappa shape index (κ1) is 11.2. The molecule has 0 spiro atoms. The van der Waals surface area contributed by atoms with Crippen molar-refractivity contribution < 1.29 is 0 Å². The van der Waals surface area contributed by atoms with Crippen molar-refractivity contribution >= 4 is 0 Å². The summed E-state index contributed by atoms with van der Waals surface area (Å²) in [5.41, 5.74) is 4.56. The van der Waals surface area contributed by atoms with Gasteiger partial charge in [0.1, 0.15) is 0 Å². The van der Waals surface area contributed by atoms with E-state index in [4.69, 9.17) is 0 Å². The molecule has 1 unspecified atom stereocenters. The zero-order chi connectivity index (χ0) is 12.7. The molecule has 0 bridgehead atoms. The molecule has 2 aliphatic carbocycles. The smallest absolute Gasteiger partial charge is 0.0328 e. The lowest BCUT2D eigenvalue weighted by molar-refractivity contribution is 0.521. The summed E-state index contributed by atoms with van der Waals surface area (Å²) in [6, 6.07) is 21.1. The van der Waals surface area contributed by atoms with E-state index < -0.39 is 0 Å². The minimum absolute atomic E-state index is 0.579. The quantitative estimate of drug-likeness (QED) is 0.872. The van der Waals surface area contributed by atoms with Crippen LogP contribution >= 0.6 is 0 Å². The lowest BCUT2D eigenvalue weighted by Gasteiger charge is -2.14. The third-order valence-corrected chi connectivity index (χ3v) is 4.57. The zero-order valence-corrected chi connectivity index (χ0v) is 11.0. The van der Waals surface area contributed by atoms with Crippen molar-refractivity contribution in [2.24, 2.45) is 0 Å². The van der Waals surface area contributed by atoms with Gasteiger partial charge in [-0.2, -0.15) is 0 Å². The van der Waals surface area contributed by atoms with Gasteiger partial charge in [0.2, 0.25) is 0 Å². The second-order valence-corrected chi connectivity index (χ2v) is 5.82. The van der Waals surface area contributed by atoms with Gasteiger partial charge >= 0.3 is 0 Å². The fourth-order valence-corrected chi connectivity index (χ4v) is 3.44. The standard InChI is InChI=1S/C18H19N/c1-2-6-13(7-3-1)16-12-18(16)19-17-11-10-14-8-4-5-9-15(14)17/h1-9,16-19H,10-12H2/t16-,17?,18+/m1/s1. The van der Waals surface area contributed by atoms with Crippen LogP contribution in [0.4, 0.5) is 0 Å². The first-order valence-corrected chi connectivity index (χ1v) is 7.30. The van der Waals surface area contributed by atoms with E-state index in [-0.39, 0.29) is 0 Å². The average molecular weight is 249 g/mol.